The maximum absolute atomic E-state index is 12.7. The van der Waals surface area contributed by atoms with Gasteiger partial charge in [0.1, 0.15) is 5.76 Å². The normalized spacial score (nSPS) is 14.3. The number of aryl methyl sites for hydroxylation is 1. The van der Waals surface area contributed by atoms with Crippen molar-refractivity contribution in [2.75, 3.05) is 13.1 Å². The van der Waals surface area contributed by atoms with Crippen LogP contribution in [0, 0.1) is 6.92 Å². The standard InChI is InChI=1S/C26H30N2O2/c1-21-10-12-23(13-11-21)19-27(18-22-8-4-2-5-9-22)20-24-14-15-25(30-24)26(29)28-16-6-3-7-17-28/h2,4-5,8-15H,3,6-7,16-20H2,1H3. The molecule has 4 rings (SSSR count). The third kappa shape index (κ3) is 5.39. The lowest BCUT2D eigenvalue weighted by molar-refractivity contribution is 0.0687. The highest BCUT2D eigenvalue weighted by atomic mass is 16.4. The van der Waals surface area contributed by atoms with Crippen molar-refractivity contribution in [2.45, 2.75) is 45.8 Å². The predicted molar refractivity (Wildman–Crippen MR) is 119 cm³/mol. The molecule has 1 aliphatic rings. The number of nitrogens with zero attached hydrogens (tertiary/aromatic N) is 2. The van der Waals surface area contributed by atoms with Gasteiger partial charge in [-0.2, -0.15) is 0 Å². The molecule has 156 valence electrons. The highest BCUT2D eigenvalue weighted by molar-refractivity contribution is 5.91. The van der Waals surface area contributed by atoms with Gasteiger partial charge in [0.2, 0.25) is 0 Å². The van der Waals surface area contributed by atoms with Crippen LogP contribution in [0.2, 0.25) is 0 Å². The SMILES string of the molecule is Cc1ccc(CN(Cc2ccccc2)Cc2ccc(C(=O)N3CCCCC3)o2)cc1. The monoisotopic (exact) mass is 402 g/mol. The molecule has 0 aliphatic carbocycles. The number of carbonyl (C=O) groups excluding carboxylic acids is 1. The van der Waals surface area contributed by atoms with Gasteiger partial charge in [-0.15, -0.1) is 0 Å². The Morgan fingerprint density at radius 3 is 2.20 bits per heavy atom. The van der Waals surface area contributed by atoms with Gasteiger partial charge in [-0.25, -0.2) is 0 Å². The van der Waals surface area contributed by atoms with Crippen molar-refractivity contribution in [1.82, 2.24) is 9.80 Å². The van der Waals surface area contributed by atoms with Crippen LogP contribution in [0.15, 0.2) is 71.1 Å². The van der Waals surface area contributed by atoms with E-state index in [2.05, 4.69) is 60.4 Å². The number of hydrogen-bond acceptors (Lipinski definition) is 3. The Labute approximate surface area is 179 Å². The molecule has 3 aromatic rings. The van der Waals surface area contributed by atoms with E-state index in [9.17, 15) is 4.79 Å². The number of rotatable bonds is 7. The number of piperidine rings is 1. The van der Waals surface area contributed by atoms with Crippen LogP contribution < -0.4 is 0 Å². The fourth-order valence-electron chi connectivity index (χ4n) is 4.01. The van der Waals surface area contributed by atoms with E-state index < -0.39 is 0 Å². The van der Waals surface area contributed by atoms with Crippen molar-refractivity contribution in [3.8, 4) is 0 Å². The topological polar surface area (TPSA) is 36.7 Å². The van der Waals surface area contributed by atoms with Crippen LogP contribution in [0.3, 0.4) is 0 Å². The minimum Gasteiger partial charge on any atom is -0.455 e. The van der Waals surface area contributed by atoms with Gasteiger partial charge in [-0.05, 0) is 49.4 Å². The van der Waals surface area contributed by atoms with E-state index in [1.807, 2.05) is 23.1 Å². The molecule has 0 radical (unpaired) electrons. The first-order valence-corrected chi connectivity index (χ1v) is 10.9. The average Bonchev–Trinajstić information content (AvgIpc) is 3.24. The summed E-state index contributed by atoms with van der Waals surface area (Å²) in [7, 11) is 0. The zero-order valence-corrected chi connectivity index (χ0v) is 17.7. The fraction of sp³-hybridized carbons (Fsp3) is 0.346. The summed E-state index contributed by atoms with van der Waals surface area (Å²) in [6, 6.07) is 22.9. The van der Waals surface area contributed by atoms with Crippen LogP contribution >= 0.6 is 0 Å². The Morgan fingerprint density at radius 1 is 0.833 bits per heavy atom. The molecule has 0 N–H and O–H groups in total. The molecule has 2 heterocycles. The molecule has 2 aromatic carbocycles. The second-order valence-electron chi connectivity index (χ2n) is 8.24. The van der Waals surface area contributed by atoms with Gasteiger partial charge in [0.05, 0.1) is 6.54 Å². The third-order valence-electron chi connectivity index (χ3n) is 5.67. The smallest absolute Gasteiger partial charge is 0.289 e. The number of likely N-dealkylation sites (tertiary alicyclic amines) is 1. The first kappa shape index (κ1) is 20.4. The van der Waals surface area contributed by atoms with E-state index in [1.54, 1.807) is 0 Å². The summed E-state index contributed by atoms with van der Waals surface area (Å²) in [5.41, 5.74) is 3.80. The summed E-state index contributed by atoms with van der Waals surface area (Å²) in [4.78, 5) is 17.0. The fourth-order valence-corrected chi connectivity index (χ4v) is 4.01. The largest absolute Gasteiger partial charge is 0.455 e. The number of amides is 1. The molecule has 1 fully saturated rings. The van der Waals surface area contributed by atoms with E-state index in [-0.39, 0.29) is 5.91 Å². The zero-order valence-electron chi connectivity index (χ0n) is 17.7. The van der Waals surface area contributed by atoms with Crippen LogP contribution in [0.4, 0.5) is 0 Å². The van der Waals surface area contributed by atoms with Crippen LogP contribution in [-0.2, 0) is 19.6 Å². The van der Waals surface area contributed by atoms with Crippen LogP contribution in [-0.4, -0.2) is 28.8 Å². The minimum absolute atomic E-state index is 0.0223. The molecule has 4 nitrogen and oxygen atoms in total. The first-order valence-electron chi connectivity index (χ1n) is 10.9. The third-order valence-corrected chi connectivity index (χ3v) is 5.67. The molecule has 1 aliphatic heterocycles. The highest BCUT2D eigenvalue weighted by Gasteiger charge is 2.21. The molecule has 0 saturated carbocycles. The Balaban J connectivity index is 1.47. The van der Waals surface area contributed by atoms with Crippen molar-refractivity contribution in [1.29, 1.82) is 0 Å². The van der Waals surface area contributed by atoms with Crippen LogP contribution in [0.5, 0.6) is 0 Å². The number of carbonyl (C=O) groups is 1. The van der Waals surface area contributed by atoms with E-state index in [0.29, 0.717) is 12.3 Å². The molecule has 0 unspecified atom stereocenters. The lowest BCUT2D eigenvalue weighted by atomic mass is 10.1. The second-order valence-corrected chi connectivity index (χ2v) is 8.24. The summed E-state index contributed by atoms with van der Waals surface area (Å²) in [6.45, 7) is 6.09. The van der Waals surface area contributed by atoms with Gasteiger partial charge in [-0.1, -0.05) is 60.2 Å². The van der Waals surface area contributed by atoms with Crippen LogP contribution in [0.1, 0.15) is 52.3 Å². The summed E-state index contributed by atoms with van der Waals surface area (Å²) < 4.78 is 5.99. The maximum atomic E-state index is 12.7. The molecule has 1 amide bonds. The van der Waals surface area contributed by atoms with Gasteiger partial charge in [0.25, 0.3) is 5.91 Å². The van der Waals surface area contributed by atoms with Crippen molar-refractivity contribution < 1.29 is 9.21 Å². The summed E-state index contributed by atoms with van der Waals surface area (Å²) in [6.07, 6.45) is 3.38. The molecule has 0 atom stereocenters. The van der Waals surface area contributed by atoms with Crippen molar-refractivity contribution in [2.24, 2.45) is 0 Å². The molecule has 1 aromatic heterocycles. The Hall–Kier alpha value is -2.85. The molecule has 4 heteroatoms. The quantitative estimate of drug-likeness (QED) is 0.530. The van der Waals surface area contributed by atoms with Crippen molar-refractivity contribution >= 4 is 5.91 Å². The Kier molecular flexibility index (Phi) is 6.65. The maximum Gasteiger partial charge on any atom is 0.289 e. The second kappa shape index (κ2) is 9.77. The predicted octanol–water partition coefficient (Wildman–Crippen LogP) is 5.42. The Bertz CT molecular complexity index is 941. The van der Waals surface area contributed by atoms with Gasteiger partial charge in [-0.3, -0.25) is 9.69 Å². The van der Waals surface area contributed by atoms with Gasteiger partial charge < -0.3 is 9.32 Å². The number of benzene rings is 2. The minimum atomic E-state index is 0.0223. The average molecular weight is 403 g/mol. The summed E-state index contributed by atoms with van der Waals surface area (Å²) in [5, 5.41) is 0. The number of hydrogen-bond donors (Lipinski definition) is 0. The molecule has 1 saturated heterocycles. The first-order chi connectivity index (χ1) is 14.7. The highest BCUT2D eigenvalue weighted by Crippen LogP contribution is 2.19. The Morgan fingerprint density at radius 2 is 1.50 bits per heavy atom. The van der Waals surface area contributed by atoms with E-state index in [4.69, 9.17) is 4.42 Å². The molecule has 0 spiro atoms. The summed E-state index contributed by atoms with van der Waals surface area (Å²) >= 11 is 0. The van der Waals surface area contributed by atoms with E-state index >= 15 is 0 Å². The van der Waals surface area contributed by atoms with E-state index in [0.717, 1.165) is 44.8 Å². The van der Waals surface area contributed by atoms with Crippen LogP contribution in [0.25, 0.3) is 0 Å². The molecule has 30 heavy (non-hydrogen) atoms. The lowest BCUT2D eigenvalue weighted by Crippen LogP contribution is -2.35. The zero-order chi connectivity index (χ0) is 20.8. The summed E-state index contributed by atoms with van der Waals surface area (Å²) in [5.74, 6) is 1.31. The van der Waals surface area contributed by atoms with Gasteiger partial charge in [0, 0.05) is 26.2 Å². The molecule has 0 bridgehead atoms. The molecular weight excluding hydrogens is 372 g/mol. The lowest BCUT2D eigenvalue weighted by Gasteiger charge is -2.25. The van der Waals surface area contributed by atoms with Gasteiger partial charge in [0.15, 0.2) is 5.76 Å². The molecular formula is C26H30N2O2. The number of furan rings is 1. The van der Waals surface area contributed by atoms with Crippen molar-refractivity contribution in [3.05, 3.63) is 94.9 Å². The van der Waals surface area contributed by atoms with E-state index in [1.165, 1.54) is 23.1 Å². The van der Waals surface area contributed by atoms with Gasteiger partial charge >= 0.3 is 0 Å². The van der Waals surface area contributed by atoms with Crippen molar-refractivity contribution in [3.63, 3.8) is 0 Å².